The number of carbonyl (C=O) groups is 1. The third-order valence-electron chi connectivity index (χ3n) is 5.00. The second-order valence-electron chi connectivity index (χ2n) is 6.84. The number of thiophene rings is 1. The molecule has 0 aliphatic carbocycles. The average molecular weight is 408 g/mol. The average Bonchev–Trinajstić information content (AvgIpc) is 3.34. The first-order valence-electron chi connectivity index (χ1n) is 9.53. The summed E-state index contributed by atoms with van der Waals surface area (Å²) < 4.78 is 16.0. The standard InChI is InChI=1S/C23H22FN3OS/c1-3-27-20-8-5-4-7-17(20)18(22(27)21-9-6-12-29-21)14-25-23(28)26-16-11-10-15(2)19(24)13-16/h4-13H,3,14H2,1-2H3,(H2,25,26,28). The molecule has 0 radical (unpaired) electrons. The van der Waals surface area contributed by atoms with Crippen molar-refractivity contribution in [3.05, 3.63) is 76.9 Å². The monoisotopic (exact) mass is 407 g/mol. The zero-order valence-corrected chi connectivity index (χ0v) is 17.1. The van der Waals surface area contributed by atoms with Crippen molar-refractivity contribution in [3.63, 3.8) is 0 Å². The van der Waals surface area contributed by atoms with Crippen molar-refractivity contribution in [2.75, 3.05) is 5.32 Å². The molecule has 2 amide bonds. The minimum atomic E-state index is -0.362. The Balaban J connectivity index is 1.63. The molecule has 0 atom stereocenters. The smallest absolute Gasteiger partial charge is 0.319 e. The second-order valence-corrected chi connectivity index (χ2v) is 7.79. The number of para-hydroxylation sites is 1. The van der Waals surface area contributed by atoms with E-state index in [-0.39, 0.29) is 11.8 Å². The molecule has 29 heavy (non-hydrogen) atoms. The molecule has 2 N–H and O–H groups in total. The van der Waals surface area contributed by atoms with Crippen LogP contribution in [0.15, 0.2) is 60.0 Å². The summed E-state index contributed by atoms with van der Waals surface area (Å²) in [7, 11) is 0. The highest BCUT2D eigenvalue weighted by Crippen LogP contribution is 2.36. The summed E-state index contributed by atoms with van der Waals surface area (Å²) in [5.74, 6) is -0.339. The Bertz CT molecular complexity index is 1160. The summed E-state index contributed by atoms with van der Waals surface area (Å²) >= 11 is 1.68. The van der Waals surface area contributed by atoms with Gasteiger partial charge >= 0.3 is 6.03 Å². The molecule has 4 rings (SSSR count). The number of fused-ring (bicyclic) bond motifs is 1. The van der Waals surface area contributed by atoms with Crippen LogP contribution in [0.1, 0.15) is 18.1 Å². The van der Waals surface area contributed by atoms with E-state index in [2.05, 4.69) is 45.7 Å². The first-order chi connectivity index (χ1) is 14.1. The van der Waals surface area contributed by atoms with E-state index in [1.165, 1.54) is 10.9 Å². The van der Waals surface area contributed by atoms with Gasteiger partial charge in [-0.3, -0.25) is 0 Å². The molecule has 0 fully saturated rings. The maximum absolute atomic E-state index is 13.7. The van der Waals surface area contributed by atoms with Crippen LogP contribution in [0.25, 0.3) is 21.5 Å². The van der Waals surface area contributed by atoms with Gasteiger partial charge in [0, 0.05) is 35.2 Å². The number of hydrogen-bond donors (Lipinski definition) is 2. The molecule has 0 unspecified atom stereocenters. The zero-order valence-electron chi connectivity index (χ0n) is 16.3. The summed E-state index contributed by atoms with van der Waals surface area (Å²) in [5, 5.41) is 8.82. The molecule has 4 aromatic rings. The number of nitrogens with zero attached hydrogens (tertiary/aromatic N) is 1. The highest BCUT2D eigenvalue weighted by atomic mass is 32.1. The van der Waals surface area contributed by atoms with Gasteiger partial charge < -0.3 is 15.2 Å². The zero-order chi connectivity index (χ0) is 20.4. The number of urea groups is 1. The first-order valence-corrected chi connectivity index (χ1v) is 10.4. The van der Waals surface area contributed by atoms with Gasteiger partial charge in [-0.2, -0.15) is 0 Å². The van der Waals surface area contributed by atoms with Crippen LogP contribution in [0.4, 0.5) is 14.9 Å². The first kappa shape index (κ1) is 19.2. The number of benzene rings is 2. The molecular weight excluding hydrogens is 385 g/mol. The van der Waals surface area contributed by atoms with E-state index in [0.717, 1.165) is 28.7 Å². The minimum absolute atomic E-state index is 0.339. The molecule has 0 aliphatic rings. The minimum Gasteiger partial charge on any atom is -0.340 e. The molecule has 0 saturated carbocycles. The van der Waals surface area contributed by atoms with Crippen LogP contribution in [0.5, 0.6) is 0 Å². The van der Waals surface area contributed by atoms with Crippen molar-refractivity contribution < 1.29 is 9.18 Å². The maximum Gasteiger partial charge on any atom is 0.319 e. The molecule has 2 aromatic carbocycles. The van der Waals surface area contributed by atoms with Gasteiger partial charge in [-0.25, -0.2) is 9.18 Å². The molecule has 148 valence electrons. The third-order valence-corrected chi connectivity index (χ3v) is 5.88. The van der Waals surface area contributed by atoms with Gasteiger partial charge in [0.25, 0.3) is 0 Å². The highest BCUT2D eigenvalue weighted by Gasteiger charge is 2.19. The van der Waals surface area contributed by atoms with Crippen LogP contribution in [0.2, 0.25) is 0 Å². The molecule has 6 heteroatoms. The van der Waals surface area contributed by atoms with E-state index in [1.807, 2.05) is 18.2 Å². The van der Waals surface area contributed by atoms with Crippen LogP contribution in [0.3, 0.4) is 0 Å². The Hall–Kier alpha value is -3.12. The number of hydrogen-bond acceptors (Lipinski definition) is 2. The Kier molecular flexibility index (Phi) is 5.36. The van der Waals surface area contributed by atoms with Crippen molar-refractivity contribution >= 4 is 34.0 Å². The molecule has 0 bridgehead atoms. The van der Waals surface area contributed by atoms with E-state index in [4.69, 9.17) is 0 Å². The van der Waals surface area contributed by atoms with Gasteiger partial charge in [-0.05, 0) is 49.1 Å². The molecule has 0 aliphatic heterocycles. The fourth-order valence-electron chi connectivity index (χ4n) is 3.59. The van der Waals surface area contributed by atoms with E-state index in [1.54, 1.807) is 30.4 Å². The fraction of sp³-hybridized carbons (Fsp3) is 0.174. The van der Waals surface area contributed by atoms with E-state index < -0.39 is 0 Å². The molecular formula is C23H22FN3OS. The number of nitrogens with one attached hydrogen (secondary N) is 2. The van der Waals surface area contributed by atoms with E-state index in [9.17, 15) is 9.18 Å². The molecule has 2 aromatic heterocycles. The van der Waals surface area contributed by atoms with Crippen LogP contribution in [-0.2, 0) is 13.1 Å². The van der Waals surface area contributed by atoms with Gasteiger partial charge in [0.2, 0.25) is 0 Å². The van der Waals surface area contributed by atoms with Crippen molar-refractivity contribution in [1.82, 2.24) is 9.88 Å². The summed E-state index contributed by atoms with van der Waals surface area (Å²) in [6.45, 7) is 5.03. The van der Waals surface area contributed by atoms with Gasteiger partial charge in [-0.15, -0.1) is 11.3 Å². The lowest BCUT2D eigenvalue weighted by Gasteiger charge is -2.11. The van der Waals surface area contributed by atoms with Gasteiger partial charge in [0.05, 0.1) is 10.6 Å². The number of rotatable bonds is 5. The SMILES string of the molecule is CCn1c(-c2cccs2)c(CNC(=O)Nc2ccc(C)c(F)c2)c2ccccc21. The predicted octanol–water partition coefficient (Wildman–Crippen LogP) is 6.16. The Morgan fingerprint density at radius 2 is 1.97 bits per heavy atom. The summed E-state index contributed by atoms with van der Waals surface area (Å²) in [6, 6.07) is 16.7. The summed E-state index contributed by atoms with van der Waals surface area (Å²) in [4.78, 5) is 13.6. The number of aryl methyl sites for hydroxylation is 2. The Labute approximate surface area is 173 Å². The van der Waals surface area contributed by atoms with Crippen molar-refractivity contribution in [2.24, 2.45) is 0 Å². The summed E-state index contributed by atoms with van der Waals surface area (Å²) in [6.07, 6.45) is 0. The molecule has 4 nitrogen and oxygen atoms in total. The third kappa shape index (κ3) is 3.76. The van der Waals surface area contributed by atoms with Crippen LogP contribution in [-0.4, -0.2) is 10.6 Å². The quantitative estimate of drug-likeness (QED) is 0.409. The van der Waals surface area contributed by atoms with Crippen molar-refractivity contribution in [3.8, 4) is 10.6 Å². The number of amides is 2. The topological polar surface area (TPSA) is 46.1 Å². The second kappa shape index (κ2) is 8.09. The molecule has 0 spiro atoms. The lowest BCUT2D eigenvalue weighted by atomic mass is 10.1. The lowest BCUT2D eigenvalue weighted by Crippen LogP contribution is -2.28. The number of aromatic nitrogens is 1. The number of carbonyl (C=O) groups excluding carboxylic acids is 1. The van der Waals surface area contributed by atoms with E-state index in [0.29, 0.717) is 17.8 Å². The fourth-order valence-corrected chi connectivity index (χ4v) is 4.40. The normalized spacial score (nSPS) is 11.0. The van der Waals surface area contributed by atoms with Gasteiger partial charge in [-0.1, -0.05) is 30.3 Å². The highest BCUT2D eigenvalue weighted by molar-refractivity contribution is 7.13. The molecule has 0 saturated heterocycles. The predicted molar refractivity (Wildman–Crippen MR) is 118 cm³/mol. The Morgan fingerprint density at radius 3 is 2.69 bits per heavy atom. The number of anilines is 1. The maximum atomic E-state index is 13.7. The Morgan fingerprint density at radius 1 is 1.14 bits per heavy atom. The number of halogens is 1. The van der Waals surface area contributed by atoms with Crippen molar-refractivity contribution in [1.29, 1.82) is 0 Å². The lowest BCUT2D eigenvalue weighted by molar-refractivity contribution is 0.252. The summed E-state index contributed by atoms with van der Waals surface area (Å²) in [5.41, 5.74) is 4.33. The largest absolute Gasteiger partial charge is 0.340 e. The van der Waals surface area contributed by atoms with Crippen molar-refractivity contribution in [2.45, 2.75) is 26.9 Å². The molecule has 2 heterocycles. The van der Waals surface area contributed by atoms with Crippen LogP contribution in [0, 0.1) is 12.7 Å². The van der Waals surface area contributed by atoms with Gasteiger partial charge in [0.1, 0.15) is 5.82 Å². The van der Waals surface area contributed by atoms with Crippen LogP contribution < -0.4 is 10.6 Å². The van der Waals surface area contributed by atoms with Gasteiger partial charge in [0.15, 0.2) is 0 Å². The van der Waals surface area contributed by atoms with Crippen LogP contribution >= 0.6 is 11.3 Å². The van der Waals surface area contributed by atoms with E-state index >= 15 is 0 Å².